The summed E-state index contributed by atoms with van der Waals surface area (Å²) in [7, 11) is 1.64. The Labute approximate surface area is 210 Å². The summed E-state index contributed by atoms with van der Waals surface area (Å²) in [5, 5.41) is 4.53. The number of nitrogens with zero attached hydrogens (tertiary/aromatic N) is 1. The summed E-state index contributed by atoms with van der Waals surface area (Å²) in [4.78, 5) is 2.39. The Bertz CT molecular complexity index is 777. The van der Waals surface area contributed by atoms with E-state index >= 15 is 0 Å². The zero-order valence-corrected chi connectivity index (χ0v) is 22.1. The van der Waals surface area contributed by atoms with Crippen molar-refractivity contribution in [3.63, 3.8) is 0 Å². The van der Waals surface area contributed by atoms with Crippen molar-refractivity contribution in [2.24, 2.45) is 0 Å². The van der Waals surface area contributed by atoms with Gasteiger partial charge in [0.2, 0.25) is 0 Å². The molecule has 0 unspecified atom stereocenters. The van der Waals surface area contributed by atoms with E-state index in [9.17, 15) is 0 Å². The van der Waals surface area contributed by atoms with Crippen LogP contribution < -0.4 is 14.8 Å². The third-order valence-corrected chi connectivity index (χ3v) is 5.81. The predicted molar refractivity (Wildman–Crippen MR) is 135 cm³/mol. The molecule has 0 aliphatic carbocycles. The van der Waals surface area contributed by atoms with E-state index in [-0.39, 0.29) is 24.8 Å². The first-order chi connectivity index (χ1) is 13.5. The maximum absolute atomic E-state index is 6.07. The van der Waals surface area contributed by atoms with Crippen LogP contribution in [-0.4, -0.2) is 38.2 Å². The van der Waals surface area contributed by atoms with E-state index in [1.807, 2.05) is 12.1 Å². The summed E-state index contributed by atoms with van der Waals surface area (Å²) in [6, 6.07) is 9.51. The Morgan fingerprint density at radius 1 is 1.00 bits per heavy atom. The van der Waals surface area contributed by atoms with E-state index < -0.39 is 0 Å². The molecular weight excluding hydrogens is 534 g/mol. The van der Waals surface area contributed by atoms with Gasteiger partial charge in [-0.3, -0.25) is 0 Å². The lowest BCUT2D eigenvalue weighted by Gasteiger charge is -2.18. The average Bonchev–Trinajstić information content (AvgIpc) is 2.69. The van der Waals surface area contributed by atoms with Crippen molar-refractivity contribution in [1.29, 1.82) is 0 Å². The Hall–Kier alpha value is -0.400. The molecule has 0 saturated heterocycles. The van der Waals surface area contributed by atoms with Crippen LogP contribution in [0.4, 0.5) is 0 Å². The highest BCUT2D eigenvalue weighted by Gasteiger charge is 2.12. The number of ether oxygens (including phenoxy) is 2. The third kappa shape index (κ3) is 8.99. The standard InChI is InChI=1S/C21H27BrCl2N2O2.2ClH/c1-4-26(5-2)9-8-25-13-16-10-17(22)21(20(12-16)27-3)28-14-15-6-7-18(23)19(24)11-15;;/h6-7,10-12,25H,4-5,8-9,13-14H2,1-3H3;2*1H. The minimum absolute atomic E-state index is 0. The molecule has 9 heteroatoms. The van der Waals surface area contributed by atoms with E-state index in [0.29, 0.717) is 28.2 Å². The predicted octanol–water partition coefficient (Wildman–Crippen LogP) is 6.62. The molecule has 0 saturated carbocycles. The number of hydrogen-bond acceptors (Lipinski definition) is 4. The number of benzene rings is 2. The second-order valence-corrected chi connectivity index (χ2v) is 8.02. The van der Waals surface area contributed by atoms with Gasteiger partial charge in [0.25, 0.3) is 0 Å². The molecule has 0 bridgehead atoms. The lowest BCUT2D eigenvalue weighted by atomic mass is 10.2. The number of halogens is 5. The Morgan fingerprint density at radius 3 is 2.30 bits per heavy atom. The number of methoxy groups -OCH3 is 1. The summed E-state index contributed by atoms with van der Waals surface area (Å²) < 4.78 is 12.4. The zero-order valence-electron chi connectivity index (χ0n) is 17.3. The van der Waals surface area contributed by atoms with Crippen molar-refractivity contribution in [2.45, 2.75) is 27.0 Å². The smallest absolute Gasteiger partial charge is 0.175 e. The molecule has 0 heterocycles. The summed E-state index contributed by atoms with van der Waals surface area (Å²) in [6.45, 7) is 9.62. The van der Waals surface area contributed by atoms with Gasteiger partial charge in [0.15, 0.2) is 11.5 Å². The minimum Gasteiger partial charge on any atom is -0.493 e. The van der Waals surface area contributed by atoms with Crippen LogP contribution in [0.2, 0.25) is 10.0 Å². The monoisotopic (exact) mass is 560 g/mol. The van der Waals surface area contributed by atoms with Crippen molar-refractivity contribution in [3.8, 4) is 11.5 Å². The number of nitrogens with one attached hydrogen (secondary N) is 1. The first-order valence-electron chi connectivity index (χ1n) is 9.34. The van der Waals surface area contributed by atoms with Gasteiger partial charge < -0.3 is 19.7 Å². The quantitative estimate of drug-likeness (QED) is 0.312. The molecule has 0 aromatic heterocycles. The second-order valence-electron chi connectivity index (χ2n) is 6.35. The number of rotatable bonds is 11. The van der Waals surface area contributed by atoms with Crippen molar-refractivity contribution >= 4 is 63.9 Å². The second kappa shape index (κ2) is 15.4. The molecule has 0 aliphatic heterocycles. The first kappa shape index (κ1) is 29.6. The summed E-state index contributed by atoms with van der Waals surface area (Å²) in [5.41, 5.74) is 2.07. The van der Waals surface area contributed by atoms with Gasteiger partial charge in [0, 0.05) is 19.6 Å². The Kier molecular flexibility index (Phi) is 15.2. The van der Waals surface area contributed by atoms with E-state index in [1.54, 1.807) is 19.2 Å². The van der Waals surface area contributed by atoms with Gasteiger partial charge in [-0.05, 0) is 64.4 Å². The van der Waals surface area contributed by atoms with Gasteiger partial charge in [-0.25, -0.2) is 0 Å². The lowest BCUT2D eigenvalue weighted by Crippen LogP contribution is -2.31. The van der Waals surface area contributed by atoms with Crippen LogP contribution in [0.3, 0.4) is 0 Å². The van der Waals surface area contributed by atoms with Gasteiger partial charge in [-0.15, -0.1) is 24.8 Å². The van der Waals surface area contributed by atoms with Crippen LogP contribution >= 0.6 is 63.9 Å². The molecule has 0 spiro atoms. The maximum atomic E-state index is 6.07. The molecule has 2 rings (SSSR count). The van der Waals surface area contributed by atoms with Crippen molar-refractivity contribution in [2.75, 3.05) is 33.3 Å². The first-order valence-corrected chi connectivity index (χ1v) is 10.9. The van der Waals surface area contributed by atoms with E-state index in [2.05, 4.69) is 46.1 Å². The van der Waals surface area contributed by atoms with Crippen LogP contribution in [0.15, 0.2) is 34.8 Å². The Balaban J connectivity index is 0.00000420. The molecule has 30 heavy (non-hydrogen) atoms. The topological polar surface area (TPSA) is 33.7 Å². The van der Waals surface area contributed by atoms with Crippen molar-refractivity contribution in [1.82, 2.24) is 10.2 Å². The van der Waals surface area contributed by atoms with Crippen LogP contribution in [0.5, 0.6) is 11.5 Å². The van der Waals surface area contributed by atoms with Gasteiger partial charge in [-0.1, -0.05) is 43.1 Å². The lowest BCUT2D eigenvalue weighted by molar-refractivity contribution is 0.282. The van der Waals surface area contributed by atoms with E-state index in [4.69, 9.17) is 32.7 Å². The molecule has 0 aliphatic rings. The molecule has 0 fully saturated rings. The van der Waals surface area contributed by atoms with Crippen LogP contribution in [0.1, 0.15) is 25.0 Å². The fourth-order valence-corrected chi connectivity index (χ4v) is 3.73. The normalized spacial score (nSPS) is 10.4. The Morgan fingerprint density at radius 2 is 1.70 bits per heavy atom. The molecule has 4 nitrogen and oxygen atoms in total. The highest BCUT2D eigenvalue weighted by Crippen LogP contribution is 2.37. The molecule has 2 aromatic rings. The van der Waals surface area contributed by atoms with Crippen molar-refractivity contribution in [3.05, 3.63) is 56.0 Å². The molecule has 170 valence electrons. The minimum atomic E-state index is 0. The van der Waals surface area contributed by atoms with Crippen molar-refractivity contribution < 1.29 is 9.47 Å². The average molecular weight is 563 g/mol. The summed E-state index contributed by atoms with van der Waals surface area (Å²) in [5.74, 6) is 1.36. The van der Waals surface area contributed by atoms with Gasteiger partial charge >= 0.3 is 0 Å². The largest absolute Gasteiger partial charge is 0.493 e. The molecule has 0 atom stereocenters. The fraction of sp³-hybridized carbons (Fsp3) is 0.429. The van der Waals surface area contributed by atoms with Crippen LogP contribution in [0.25, 0.3) is 0 Å². The maximum Gasteiger partial charge on any atom is 0.175 e. The van der Waals surface area contributed by atoms with E-state index in [1.165, 1.54) is 0 Å². The van der Waals surface area contributed by atoms with Gasteiger partial charge in [0.1, 0.15) is 6.61 Å². The molecule has 0 radical (unpaired) electrons. The number of likely N-dealkylation sites (N-methyl/N-ethyl adjacent to an activating group) is 1. The molecular formula is C21H29BrCl4N2O2. The van der Waals surface area contributed by atoms with E-state index in [0.717, 1.165) is 48.3 Å². The van der Waals surface area contributed by atoms with Crippen LogP contribution in [-0.2, 0) is 13.2 Å². The summed E-state index contributed by atoms with van der Waals surface area (Å²) >= 11 is 15.6. The third-order valence-electron chi connectivity index (χ3n) is 4.48. The molecule has 1 N–H and O–H groups in total. The summed E-state index contributed by atoms with van der Waals surface area (Å²) in [6.07, 6.45) is 0. The highest BCUT2D eigenvalue weighted by molar-refractivity contribution is 9.10. The SMILES string of the molecule is CCN(CC)CCNCc1cc(Br)c(OCc2ccc(Cl)c(Cl)c2)c(OC)c1.Cl.Cl. The fourth-order valence-electron chi connectivity index (χ4n) is 2.81. The van der Waals surface area contributed by atoms with Crippen LogP contribution in [0, 0.1) is 0 Å². The van der Waals surface area contributed by atoms with Gasteiger partial charge in [-0.2, -0.15) is 0 Å². The number of hydrogen-bond donors (Lipinski definition) is 1. The van der Waals surface area contributed by atoms with Gasteiger partial charge in [0.05, 0.1) is 21.6 Å². The molecule has 2 aromatic carbocycles. The highest BCUT2D eigenvalue weighted by atomic mass is 79.9. The zero-order chi connectivity index (χ0) is 20.5. The molecule has 0 amide bonds.